The summed E-state index contributed by atoms with van der Waals surface area (Å²) >= 11 is 0. The molecule has 0 aliphatic carbocycles. The third-order valence-electron chi connectivity index (χ3n) is 3.72. The highest BCUT2D eigenvalue weighted by atomic mass is 16.5. The van der Waals surface area contributed by atoms with E-state index in [0.717, 1.165) is 25.4 Å². The van der Waals surface area contributed by atoms with E-state index >= 15 is 0 Å². The molecule has 3 heteroatoms. The molecule has 0 unspecified atom stereocenters. The number of hydrogen-bond acceptors (Lipinski definition) is 3. The summed E-state index contributed by atoms with van der Waals surface area (Å²) in [6, 6.07) is 8.40. The van der Waals surface area contributed by atoms with Crippen molar-refractivity contribution in [2.75, 3.05) is 26.9 Å². The fourth-order valence-corrected chi connectivity index (χ4v) is 2.45. The van der Waals surface area contributed by atoms with E-state index in [2.05, 4.69) is 41.3 Å². The zero-order chi connectivity index (χ0) is 14.2. The van der Waals surface area contributed by atoms with Crippen molar-refractivity contribution in [1.82, 2.24) is 9.80 Å². The van der Waals surface area contributed by atoms with E-state index in [4.69, 9.17) is 4.74 Å². The van der Waals surface area contributed by atoms with Crippen molar-refractivity contribution in [3.05, 3.63) is 42.2 Å². The molecule has 0 aromatic heterocycles. The van der Waals surface area contributed by atoms with E-state index in [1.165, 1.54) is 31.4 Å². The summed E-state index contributed by atoms with van der Waals surface area (Å²) in [6.45, 7) is 5.61. The molecule has 0 saturated heterocycles. The van der Waals surface area contributed by atoms with Crippen molar-refractivity contribution in [3.8, 4) is 5.75 Å². The Bertz CT molecular complexity index is 414. The van der Waals surface area contributed by atoms with Crippen LogP contribution in [0.5, 0.6) is 5.75 Å². The SMILES string of the molecule is CCCCN1C=CN(CCCc2ccc(OC)cc2)C1. The number of aryl methyl sites for hydroxylation is 1. The first-order valence-corrected chi connectivity index (χ1v) is 7.61. The molecule has 2 rings (SSSR count). The monoisotopic (exact) mass is 274 g/mol. The third kappa shape index (κ3) is 4.48. The highest BCUT2D eigenvalue weighted by molar-refractivity contribution is 5.27. The van der Waals surface area contributed by atoms with Crippen molar-refractivity contribution in [2.45, 2.75) is 32.6 Å². The van der Waals surface area contributed by atoms with Crippen LogP contribution in [0.4, 0.5) is 0 Å². The lowest BCUT2D eigenvalue weighted by atomic mass is 10.1. The first-order valence-electron chi connectivity index (χ1n) is 7.61. The smallest absolute Gasteiger partial charge is 0.118 e. The first kappa shape index (κ1) is 14.8. The van der Waals surface area contributed by atoms with Crippen LogP contribution in [0.1, 0.15) is 31.7 Å². The van der Waals surface area contributed by atoms with Crippen LogP contribution in [0.15, 0.2) is 36.7 Å². The molecule has 0 N–H and O–H groups in total. The summed E-state index contributed by atoms with van der Waals surface area (Å²) in [5.41, 5.74) is 1.39. The van der Waals surface area contributed by atoms with E-state index in [9.17, 15) is 0 Å². The first-order chi connectivity index (χ1) is 9.81. The molecule has 0 atom stereocenters. The van der Waals surface area contributed by atoms with Crippen LogP contribution >= 0.6 is 0 Å². The van der Waals surface area contributed by atoms with E-state index in [1.54, 1.807) is 7.11 Å². The lowest BCUT2D eigenvalue weighted by Gasteiger charge is -2.21. The summed E-state index contributed by atoms with van der Waals surface area (Å²) in [5, 5.41) is 0. The zero-order valence-corrected chi connectivity index (χ0v) is 12.7. The molecule has 1 aromatic carbocycles. The molecule has 1 aliphatic heterocycles. The Labute approximate surface area is 122 Å². The number of unbranched alkanes of at least 4 members (excludes halogenated alkanes) is 1. The fourth-order valence-electron chi connectivity index (χ4n) is 2.45. The molecule has 3 nitrogen and oxygen atoms in total. The van der Waals surface area contributed by atoms with E-state index in [-0.39, 0.29) is 0 Å². The molecule has 0 bridgehead atoms. The van der Waals surface area contributed by atoms with Gasteiger partial charge in [0.25, 0.3) is 0 Å². The molecule has 0 spiro atoms. The second-order valence-corrected chi connectivity index (χ2v) is 5.37. The van der Waals surface area contributed by atoms with Gasteiger partial charge >= 0.3 is 0 Å². The van der Waals surface area contributed by atoms with Gasteiger partial charge in [-0.3, -0.25) is 0 Å². The van der Waals surface area contributed by atoms with Crippen LogP contribution in [-0.2, 0) is 6.42 Å². The molecule has 0 radical (unpaired) electrons. The molecular weight excluding hydrogens is 248 g/mol. The highest BCUT2D eigenvalue weighted by Crippen LogP contribution is 2.14. The van der Waals surface area contributed by atoms with Gasteiger partial charge in [-0.2, -0.15) is 0 Å². The topological polar surface area (TPSA) is 15.7 Å². The van der Waals surface area contributed by atoms with Gasteiger partial charge in [0.2, 0.25) is 0 Å². The summed E-state index contributed by atoms with van der Waals surface area (Å²) in [6.07, 6.45) is 9.32. The number of methoxy groups -OCH3 is 1. The van der Waals surface area contributed by atoms with Gasteiger partial charge in [-0.1, -0.05) is 25.5 Å². The van der Waals surface area contributed by atoms with E-state index in [0.29, 0.717) is 0 Å². The van der Waals surface area contributed by atoms with Crippen LogP contribution in [0.3, 0.4) is 0 Å². The number of nitrogens with zero attached hydrogens (tertiary/aromatic N) is 2. The number of benzene rings is 1. The molecule has 20 heavy (non-hydrogen) atoms. The Morgan fingerprint density at radius 1 is 1.00 bits per heavy atom. The van der Waals surface area contributed by atoms with Crippen molar-refractivity contribution >= 4 is 0 Å². The summed E-state index contributed by atoms with van der Waals surface area (Å²) in [7, 11) is 1.71. The standard InChI is InChI=1S/C17H26N2O/c1-3-4-11-18-13-14-19(15-18)12-5-6-16-7-9-17(20-2)10-8-16/h7-10,13-14H,3-6,11-12,15H2,1-2H3. The molecular formula is C17H26N2O. The molecule has 1 heterocycles. The van der Waals surface area contributed by atoms with Crippen LogP contribution in [0, 0.1) is 0 Å². The molecule has 0 amide bonds. The maximum atomic E-state index is 5.18. The quantitative estimate of drug-likeness (QED) is 0.722. The highest BCUT2D eigenvalue weighted by Gasteiger charge is 2.10. The fraction of sp³-hybridized carbons (Fsp3) is 0.529. The molecule has 0 fully saturated rings. The maximum absolute atomic E-state index is 5.18. The van der Waals surface area contributed by atoms with Crippen molar-refractivity contribution in [1.29, 1.82) is 0 Å². The average molecular weight is 274 g/mol. The van der Waals surface area contributed by atoms with Gasteiger partial charge in [0.05, 0.1) is 13.8 Å². The van der Waals surface area contributed by atoms with Gasteiger partial charge in [0, 0.05) is 25.5 Å². The van der Waals surface area contributed by atoms with Crippen molar-refractivity contribution in [2.24, 2.45) is 0 Å². The Morgan fingerprint density at radius 2 is 1.65 bits per heavy atom. The molecule has 1 aromatic rings. The minimum Gasteiger partial charge on any atom is -0.497 e. The molecule has 110 valence electrons. The lowest BCUT2D eigenvalue weighted by molar-refractivity contribution is 0.260. The average Bonchev–Trinajstić information content (AvgIpc) is 2.94. The van der Waals surface area contributed by atoms with Gasteiger partial charge < -0.3 is 14.5 Å². The van der Waals surface area contributed by atoms with Crippen LogP contribution < -0.4 is 4.74 Å². The normalized spacial score (nSPS) is 14.1. The minimum atomic E-state index is 0.933. The molecule has 0 saturated carbocycles. The predicted octanol–water partition coefficient (Wildman–Crippen LogP) is 3.47. The van der Waals surface area contributed by atoms with Crippen LogP contribution in [0.25, 0.3) is 0 Å². The van der Waals surface area contributed by atoms with Gasteiger partial charge in [-0.25, -0.2) is 0 Å². The van der Waals surface area contributed by atoms with Gasteiger partial charge in [0.15, 0.2) is 0 Å². The van der Waals surface area contributed by atoms with Crippen LogP contribution in [-0.4, -0.2) is 36.7 Å². The predicted molar refractivity (Wildman–Crippen MR) is 83.6 cm³/mol. The Hall–Kier alpha value is -1.64. The number of rotatable bonds is 8. The van der Waals surface area contributed by atoms with Gasteiger partial charge in [-0.15, -0.1) is 0 Å². The van der Waals surface area contributed by atoms with Crippen molar-refractivity contribution in [3.63, 3.8) is 0 Å². The second-order valence-electron chi connectivity index (χ2n) is 5.37. The Morgan fingerprint density at radius 3 is 2.25 bits per heavy atom. The number of ether oxygens (including phenoxy) is 1. The lowest BCUT2D eigenvalue weighted by Crippen LogP contribution is -2.26. The molecule has 1 aliphatic rings. The number of hydrogen-bond donors (Lipinski definition) is 0. The van der Waals surface area contributed by atoms with Gasteiger partial charge in [-0.05, 0) is 37.0 Å². The van der Waals surface area contributed by atoms with Gasteiger partial charge in [0.1, 0.15) is 5.75 Å². The summed E-state index contributed by atoms with van der Waals surface area (Å²) in [4.78, 5) is 4.80. The largest absolute Gasteiger partial charge is 0.497 e. The Balaban J connectivity index is 1.65. The second kappa shape index (κ2) is 7.83. The summed E-state index contributed by atoms with van der Waals surface area (Å²) in [5.74, 6) is 0.933. The minimum absolute atomic E-state index is 0.933. The van der Waals surface area contributed by atoms with E-state index in [1.807, 2.05) is 12.1 Å². The van der Waals surface area contributed by atoms with E-state index < -0.39 is 0 Å². The zero-order valence-electron chi connectivity index (χ0n) is 12.7. The van der Waals surface area contributed by atoms with Crippen LogP contribution in [0.2, 0.25) is 0 Å². The summed E-state index contributed by atoms with van der Waals surface area (Å²) < 4.78 is 5.18. The van der Waals surface area contributed by atoms with Crippen molar-refractivity contribution < 1.29 is 4.74 Å². The Kier molecular flexibility index (Phi) is 5.78. The maximum Gasteiger partial charge on any atom is 0.118 e. The third-order valence-corrected chi connectivity index (χ3v) is 3.72.